The second-order valence-electron chi connectivity index (χ2n) is 5.60. The number of nitrogens with zero attached hydrogens (tertiary/aromatic N) is 1. The monoisotopic (exact) mass is 334 g/mol. The first-order valence-electron chi connectivity index (χ1n) is 7.92. The van der Waals surface area contributed by atoms with Crippen molar-refractivity contribution in [3.63, 3.8) is 0 Å². The van der Waals surface area contributed by atoms with Crippen LogP contribution < -0.4 is 16.0 Å². The van der Waals surface area contributed by atoms with Crippen molar-refractivity contribution in [2.24, 2.45) is 0 Å². The number of nitrogens with one attached hydrogen (secondary N) is 3. The summed E-state index contributed by atoms with van der Waals surface area (Å²) < 4.78 is 0. The van der Waals surface area contributed by atoms with Crippen LogP contribution in [0.1, 0.15) is 19.3 Å². The average Bonchev–Trinajstić information content (AvgIpc) is 2.56. The molecule has 1 heterocycles. The van der Waals surface area contributed by atoms with Crippen LogP contribution in [0.3, 0.4) is 0 Å². The third-order valence-electron chi connectivity index (χ3n) is 3.76. The lowest BCUT2D eigenvalue weighted by Gasteiger charge is -2.32. The van der Waals surface area contributed by atoms with Crippen molar-refractivity contribution in [3.8, 4) is 0 Å². The molecule has 1 aromatic rings. The van der Waals surface area contributed by atoms with E-state index in [4.69, 9.17) is 5.11 Å². The summed E-state index contributed by atoms with van der Waals surface area (Å²) >= 11 is 0. The van der Waals surface area contributed by atoms with E-state index in [1.54, 1.807) is 4.90 Å². The Bertz CT molecular complexity index is 571. The van der Waals surface area contributed by atoms with E-state index < -0.39 is 5.97 Å². The summed E-state index contributed by atoms with van der Waals surface area (Å²) in [5.74, 6) is -0.942. The quantitative estimate of drug-likeness (QED) is 0.653. The van der Waals surface area contributed by atoms with Gasteiger partial charge in [-0.05, 0) is 25.0 Å². The second-order valence-corrected chi connectivity index (χ2v) is 5.60. The topological polar surface area (TPSA) is 111 Å². The highest BCUT2D eigenvalue weighted by Gasteiger charge is 2.23. The van der Waals surface area contributed by atoms with Crippen LogP contribution in [0.4, 0.5) is 15.3 Å². The van der Waals surface area contributed by atoms with E-state index in [1.807, 2.05) is 30.3 Å². The van der Waals surface area contributed by atoms with Crippen molar-refractivity contribution >= 4 is 23.7 Å². The van der Waals surface area contributed by atoms with Crippen molar-refractivity contribution < 1.29 is 19.5 Å². The Balaban J connectivity index is 1.67. The molecule has 1 aliphatic rings. The van der Waals surface area contributed by atoms with Gasteiger partial charge in [0.1, 0.15) is 0 Å². The normalized spacial score (nSPS) is 14.8. The number of hydrogen-bond acceptors (Lipinski definition) is 3. The Morgan fingerprint density at radius 1 is 1.12 bits per heavy atom. The first kappa shape index (κ1) is 17.6. The summed E-state index contributed by atoms with van der Waals surface area (Å²) in [6.45, 7) is 1.16. The van der Waals surface area contributed by atoms with Gasteiger partial charge in [-0.15, -0.1) is 0 Å². The van der Waals surface area contributed by atoms with Gasteiger partial charge in [0.2, 0.25) is 0 Å². The Kier molecular flexibility index (Phi) is 6.41. The maximum atomic E-state index is 11.9. The lowest BCUT2D eigenvalue weighted by molar-refractivity contribution is -0.136. The van der Waals surface area contributed by atoms with Crippen LogP contribution in [-0.2, 0) is 4.79 Å². The molecule has 0 aromatic heterocycles. The molecule has 8 nitrogen and oxygen atoms in total. The Morgan fingerprint density at radius 3 is 2.42 bits per heavy atom. The molecular weight excluding hydrogens is 312 g/mol. The third kappa shape index (κ3) is 5.79. The van der Waals surface area contributed by atoms with E-state index in [0.29, 0.717) is 25.9 Å². The molecule has 130 valence electrons. The number of carboxylic acid groups (broad SMARTS) is 1. The molecule has 0 spiro atoms. The molecule has 0 atom stereocenters. The van der Waals surface area contributed by atoms with Crippen molar-refractivity contribution in [2.75, 3.05) is 25.0 Å². The number of piperidine rings is 1. The van der Waals surface area contributed by atoms with Gasteiger partial charge in [0.25, 0.3) is 0 Å². The number of carboxylic acids is 1. The number of carbonyl (C=O) groups excluding carboxylic acids is 2. The molecule has 1 aromatic carbocycles. The van der Waals surface area contributed by atoms with Crippen LogP contribution >= 0.6 is 0 Å². The van der Waals surface area contributed by atoms with Crippen LogP contribution in [0.15, 0.2) is 30.3 Å². The first-order valence-corrected chi connectivity index (χ1v) is 7.92. The minimum absolute atomic E-state index is 0.0109. The first-order chi connectivity index (χ1) is 11.5. The van der Waals surface area contributed by atoms with Gasteiger partial charge in [0.05, 0.1) is 6.42 Å². The number of para-hydroxylation sites is 1. The Labute approximate surface area is 140 Å². The van der Waals surface area contributed by atoms with E-state index in [2.05, 4.69) is 16.0 Å². The highest BCUT2D eigenvalue weighted by Crippen LogP contribution is 2.11. The van der Waals surface area contributed by atoms with Crippen LogP contribution in [0, 0.1) is 0 Å². The standard InChI is InChI=1S/C16H22N4O4/c21-14(22)6-9-17-16(24)20-10-7-13(8-11-20)19-15(23)18-12-4-2-1-3-5-12/h1-5,13H,6-11H2,(H,17,24)(H,21,22)(H2,18,19,23). The van der Waals surface area contributed by atoms with Gasteiger partial charge in [-0.25, -0.2) is 9.59 Å². The predicted molar refractivity (Wildman–Crippen MR) is 88.8 cm³/mol. The highest BCUT2D eigenvalue weighted by atomic mass is 16.4. The van der Waals surface area contributed by atoms with E-state index in [0.717, 1.165) is 5.69 Å². The third-order valence-corrected chi connectivity index (χ3v) is 3.76. The number of likely N-dealkylation sites (tertiary alicyclic amines) is 1. The zero-order valence-electron chi connectivity index (χ0n) is 13.3. The largest absolute Gasteiger partial charge is 0.481 e. The summed E-state index contributed by atoms with van der Waals surface area (Å²) in [7, 11) is 0. The fraction of sp³-hybridized carbons (Fsp3) is 0.438. The van der Waals surface area contributed by atoms with E-state index in [9.17, 15) is 14.4 Å². The van der Waals surface area contributed by atoms with Gasteiger partial charge in [0.15, 0.2) is 0 Å². The highest BCUT2D eigenvalue weighted by molar-refractivity contribution is 5.89. The zero-order chi connectivity index (χ0) is 17.4. The molecule has 8 heteroatoms. The molecule has 24 heavy (non-hydrogen) atoms. The lowest BCUT2D eigenvalue weighted by Crippen LogP contribution is -2.50. The van der Waals surface area contributed by atoms with Crippen molar-refractivity contribution in [1.29, 1.82) is 0 Å². The number of urea groups is 2. The molecule has 0 aliphatic carbocycles. The summed E-state index contributed by atoms with van der Waals surface area (Å²) in [6.07, 6.45) is 1.23. The van der Waals surface area contributed by atoms with Crippen LogP contribution in [0.25, 0.3) is 0 Å². The summed E-state index contributed by atoms with van der Waals surface area (Å²) in [6, 6.07) is 8.67. The molecule has 4 amide bonds. The second kappa shape index (κ2) is 8.76. The minimum Gasteiger partial charge on any atom is -0.481 e. The molecule has 4 N–H and O–H groups in total. The van der Waals surface area contributed by atoms with E-state index >= 15 is 0 Å². The number of hydrogen-bond donors (Lipinski definition) is 4. The fourth-order valence-corrected chi connectivity index (χ4v) is 2.49. The maximum Gasteiger partial charge on any atom is 0.319 e. The number of benzene rings is 1. The van der Waals surface area contributed by atoms with Crippen molar-refractivity contribution in [1.82, 2.24) is 15.5 Å². The van der Waals surface area contributed by atoms with E-state index in [-0.39, 0.29) is 31.1 Å². The molecule has 0 unspecified atom stereocenters. The summed E-state index contributed by atoms with van der Waals surface area (Å²) in [5.41, 5.74) is 0.727. The van der Waals surface area contributed by atoms with Crippen LogP contribution in [0.2, 0.25) is 0 Å². The minimum atomic E-state index is -0.942. The van der Waals surface area contributed by atoms with Gasteiger partial charge >= 0.3 is 18.0 Å². The molecular formula is C16H22N4O4. The van der Waals surface area contributed by atoms with Gasteiger partial charge in [-0.1, -0.05) is 18.2 Å². The predicted octanol–water partition coefficient (Wildman–Crippen LogP) is 1.46. The number of aliphatic carboxylic acids is 1. The SMILES string of the molecule is O=C(O)CCNC(=O)N1CCC(NC(=O)Nc2ccccc2)CC1. The molecule has 1 aliphatic heterocycles. The maximum absolute atomic E-state index is 11.9. The van der Waals surface area contributed by atoms with E-state index in [1.165, 1.54) is 0 Å². The van der Waals surface area contributed by atoms with Crippen molar-refractivity contribution in [3.05, 3.63) is 30.3 Å². The Hall–Kier alpha value is -2.77. The number of anilines is 1. The van der Waals surface area contributed by atoms with Crippen LogP contribution in [-0.4, -0.2) is 53.7 Å². The molecule has 0 bridgehead atoms. The van der Waals surface area contributed by atoms with Gasteiger partial charge in [-0.2, -0.15) is 0 Å². The van der Waals surface area contributed by atoms with Crippen LogP contribution in [0.5, 0.6) is 0 Å². The Morgan fingerprint density at radius 2 is 1.79 bits per heavy atom. The zero-order valence-corrected chi connectivity index (χ0v) is 13.3. The molecule has 1 saturated heterocycles. The molecule has 1 fully saturated rings. The number of rotatable bonds is 5. The molecule has 2 rings (SSSR count). The van der Waals surface area contributed by atoms with Gasteiger partial charge < -0.3 is 26.0 Å². The lowest BCUT2D eigenvalue weighted by atomic mass is 10.1. The number of carbonyl (C=O) groups is 3. The molecule has 0 radical (unpaired) electrons. The average molecular weight is 334 g/mol. The summed E-state index contributed by atoms with van der Waals surface area (Å²) in [4.78, 5) is 35.9. The fourth-order valence-electron chi connectivity index (χ4n) is 2.49. The number of amides is 4. The van der Waals surface area contributed by atoms with Crippen molar-refractivity contribution in [2.45, 2.75) is 25.3 Å². The summed E-state index contributed by atoms with van der Waals surface area (Å²) in [5, 5.41) is 16.8. The van der Waals surface area contributed by atoms with Gasteiger partial charge in [-0.3, -0.25) is 4.79 Å². The van der Waals surface area contributed by atoms with Gasteiger partial charge in [0, 0.05) is 31.4 Å². The molecule has 0 saturated carbocycles. The smallest absolute Gasteiger partial charge is 0.319 e.